The van der Waals surface area contributed by atoms with Crippen LogP contribution in [-0.2, 0) is 20.7 Å². The summed E-state index contributed by atoms with van der Waals surface area (Å²) >= 11 is 6.06. The predicted molar refractivity (Wildman–Crippen MR) is 92.9 cm³/mol. The fourth-order valence-electron chi connectivity index (χ4n) is 3.23. The highest BCUT2D eigenvalue weighted by Gasteiger charge is 2.29. The fourth-order valence-corrected chi connectivity index (χ4v) is 3.40. The highest BCUT2D eigenvalue weighted by atomic mass is 35.5. The average Bonchev–Trinajstić information content (AvgIpc) is 2.97. The molecule has 128 valence electrons. The SMILES string of the molecule is CCOC(=O)C1CCCN(C(=O)Cc2c[nH]c3ccc(Cl)cc23)C1. The number of aromatic amines is 1. The van der Waals surface area contributed by atoms with Gasteiger partial charge in [0.2, 0.25) is 5.91 Å². The lowest BCUT2D eigenvalue weighted by Gasteiger charge is -2.31. The van der Waals surface area contributed by atoms with Crippen LogP contribution in [0.3, 0.4) is 0 Å². The number of nitrogens with one attached hydrogen (secondary N) is 1. The van der Waals surface area contributed by atoms with Crippen LogP contribution in [0.4, 0.5) is 0 Å². The van der Waals surface area contributed by atoms with Crippen molar-refractivity contribution < 1.29 is 14.3 Å². The van der Waals surface area contributed by atoms with E-state index >= 15 is 0 Å². The van der Waals surface area contributed by atoms with E-state index in [1.165, 1.54) is 0 Å². The molecule has 5 nitrogen and oxygen atoms in total. The Morgan fingerprint density at radius 3 is 3.04 bits per heavy atom. The molecule has 1 aromatic heterocycles. The molecule has 0 aliphatic carbocycles. The first kappa shape index (κ1) is 16.8. The monoisotopic (exact) mass is 348 g/mol. The number of hydrogen-bond acceptors (Lipinski definition) is 3. The van der Waals surface area contributed by atoms with Gasteiger partial charge >= 0.3 is 5.97 Å². The third-order valence-electron chi connectivity index (χ3n) is 4.47. The van der Waals surface area contributed by atoms with Crippen molar-refractivity contribution in [3.8, 4) is 0 Å². The first-order valence-corrected chi connectivity index (χ1v) is 8.66. The zero-order valence-corrected chi connectivity index (χ0v) is 14.4. The van der Waals surface area contributed by atoms with E-state index in [2.05, 4.69) is 4.98 Å². The van der Waals surface area contributed by atoms with Gasteiger partial charge in [-0.25, -0.2) is 0 Å². The van der Waals surface area contributed by atoms with E-state index in [4.69, 9.17) is 16.3 Å². The molecule has 1 aliphatic rings. The van der Waals surface area contributed by atoms with Gasteiger partial charge in [0.25, 0.3) is 0 Å². The maximum absolute atomic E-state index is 12.6. The lowest BCUT2D eigenvalue weighted by atomic mass is 9.97. The summed E-state index contributed by atoms with van der Waals surface area (Å²) in [6.45, 7) is 3.31. The highest BCUT2D eigenvalue weighted by molar-refractivity contribution is 6.31. The maximum atomic E-state index is 12.6. The Kier molecular flexibility index (Phi) is 5.09. The summed E-state index contributed by atoms with van der Waals surface area (Å²) in [5.41, 5.74) is 1.89. The highest BCUT2D eigenvalue weighted by Crippen LogP contribution is 2.24. The van der Waals surface area contributed by atoms with Crippen molar-refractivity contribution in [2.75, 3.05) is 19.7 Å². The van der Waals surface area contributed by atoms with Crippen molar-refractivity contribution in [2.24, 2.45) is 5.92 Å². The van der Waals surface area contributed by atoms with Crippen LogP contribution in [0.15, 0.2) is 24.4 Å². The Labute approximate surface area is 145 Å². The minimum atomic E-state index is -0.208. The Morgan fingerprint density at radius 2 is 2.25 bits per heavy atom. The minimum Gasteiger partial charge on any atom is -0.466 e. The Balaban J connectivity index is 1.69. The number of piperidine rings is 1. The number of benzene rings is 1. The summed E-state index contributed by atoms with van der Waals surface area (Å²) in [7, 11) is 0. The van der Waals surface area contributed by atoms with E-state index in [9.17, 15) is 9.59 Å². The van der Waals surface area contributed by atoms with E-state index in [0.717, 1.165) is 29.3 Å². The topological polar surface area (TPSA) is 62.4 Å². The first-order valence-electron chi connectivity index (χ1n) is 8.28. The second kappa shape index (κ2) is 7.26. The van der Waals surface area contributed by atoms with Crippen LogP contribution in [0.2, 0.25) is 5.02 Å². The van der Waals surface area contributed by atoms with Gasteiger partial charge in [0.15, 0.2) is 0 Å². The van der Waals surface area contributed by atoms with E-state index in [0.29, 0.717) is 31.1 Å². The summed E-state index contributed by atoms with van der Waals surface area (Å²) in [5.74, 6) is -0.376. The molecule has 0 radical (unpaired) electrons. The molecule has 0 bridgehead atoms. The maximum Gasteiger partial charge on any atom is 0.310 e. The van der Waals surface area contributed by atoms with Gasteiger partial charge in [-0.05, 0) is 43.5 Å². The molecular formula is C18H21ClN2O3. The second-order valence-electron chi connectivity index (χ2n) is 6.11. The third kappa shape index (κ3) is 3.56. The van der Waals surface area contributed by atoms with Gasteiger partial charge < -0.3 is 14.6 Å². The number of hydrogen-bond donors (Lipinski definition) is 1. The third-order valence-corrected chi connectivity index (χ3v) is 4.70. The van der Waals surface area contributed by atoms with Crippen molar-refractivity contribution in [3.05, 3.63) is 35.0 Å². The van der Waals surface area contributed by atoms with Crippen LogP contribution in [0.25, 0.3) is 10.9 Å². The molecule has 1 amide bonds. The quantitative estimate of drug-likeness (QED) is 0.863. The number of H-pyrrole nitrogens is 1. The van der Waals surface area contributed by atoms with Crippen molar-refractivity contribution in [3.63, 3.8) is 0 Å². The number of nitrogens with zero attached hydrogens (tertiary/aromatic N) is 1. The van der Waals surface area contributed by atoms with Gasteiger partial charge in [0.1, 0.15) is 0 Å². The minimum absolute atomic E-state index is 0.0323. The number of fused-ring (bicyclic) bond motifs is 1. The smallest absolute Gasteiger partial charge is 0.310 e. The van der Waals surface area contributed by atoms with E-state index in [1.54, 1.807) is 11.8 Å². The number of likely N-dealkylation sites (tertiary alicyclic amines) is 1. The van der Waals surface area contributed by atoms with Crippen LogP contribution >= 0.6 is 11.6 Å². The van der Waals surface area contributed by atoms with Crippen molar-refractivity contribution in [1.82, 2.24) is 9.88 Å². The summed E-state index contributed by atoms with van der Waals surface area (Å²) in [6, 6.07) is 5.59. The number of rotatable bonds is 4. The predicted octanol–water partition coefficient (Wildman–Crippen LogP) is 3.17. The lowest BCUT2D eigenvalue weighted by molar-refractivity contribution is -0.151. The first-order chi connectivity index (χ1) is 11.6. The van der Waals surface area contributed by atoms with E-state index in [-0.39, 0.29) is 17.8 Å². The molecule has 6 heteroatoms. The zero-order valence-electron chi connectivity index (χ0n) is 13.7. The summed E-state index contributed by atoms with van der Waals surface area (Å²) in [5, 5.41) is 1.62. The molecule has 1 saturated heterocycles. The number of carbonyl (C=O) groups is 2. The molecule has 3 rings (SSSR count). The molecule has 2 aromatic rings. The molecular weight excluding hydrogens is 328 g/mol. The Morgan fingerprint density at radius 1 is 1.42 bits per heavy atom. The van der Waals surface area contributed by atoms with Gasteiger partial charge in [-0.3, -0.25) is 9.59 Å². The van der Waals surface area contributed by atoms with E-state index < -0.39 is 0 Å². The van der Waals surface area contributed by atoms with Gasteiger partial charge in [-0.1, -0.05) is 11.6 Å². The molecule has 0 spiro atoms. The molecule has 1 unspecified atom stereocenters. The number of halogens is 1. The van der Waals surface area contributed by atoms with Crippen LogP contribution < -0.4 is 0 Å². The van der Waals surface area contributed by atoms with Gasteiger partial charge in [0.05, 0.1) is 18.9 Å². The summed E-state index contributed by atoms with van der Waals surface area (Å²) < 4.78 is 5.09. The molecule has 1 aliphatic heterocycles. The standard InChI is InChI=1S/C18H21ClN2O3/c1-2-24-18(23)12-4-3-7-21(11-12)17(22)8-13-10-20-16-6-5-14(19)9-15(13)16/h5-6,9-10,12,20H,2-4,7-8,11H2,1H3. The lowest BCUT2D eigenvalue weighted by Crippen LogP contribution is -2.43. The molecule has 1 fully saturated rings. The molecule has 1 atom stereocenters. The molecule has 24 heavy (non-hydrogen) atoms. The fraction of sp³-hybridized carbons (Fsp3) is 0.444. The van der Waals surface area contributed by atoms with Crippen LogP contribution in [0.5, 0.6) is 0 Å². The van der Waals surface area contributed by atoms with Gasteiger partial charge in [-0.15, -0.1) is 0 Å². The average molecular weight is 349 g/mol. The number of ether oxygens (including phenoxy) is 1. The number of carbonyl (C=O) groups excluding carboxylic acids is 2. The van der Waals surface area contributed by atoms with E-state index in [1.807, 2.05) is 24.4 Å². The summed E-state index contributed by atoms with van der Waals surface area (Å²) in [4.78, 5) is 29.5. The van der Waals surface area contributed by atoms with Crippen molar-refractivity contribution >= 4 is 34.4 Å². The van der Waals surface area contributed by atoms with Crippen molar-refractivity contribution in [1.29, 1.82) is 0 Å². The zero-order chi connectivity index (χ0) is 17.1. The second-order valence-corrected chi connectivity index (χ2v) is 6.55. The summed E-state index contributed by atoms with van der Waals surface area (Å²) in [6.07, 6.45) is 3.77. The van der Waals surface area contributed by atoms with Crippen LogP contribution in [-0.4, -0.2) is 41.5 Å². The number of esters is 1. The molecule has 1 aromatic carbocycles. The Hall–Kier alpha value is -2.01. The Bertz CT molecular complexity index is 756. The number of aromatic nitrogens is 1. The normalized spacial score (nSPS) is 17.9. The van der Waals surface area contributed by atoms with Crippen molar-refractivity contribution in [2.45, 2.75) is 26.2 Å². The molecule has 1 N–H and O–H groups in total. The largest absolute Gasteiger partial charge is 0.466 e. The van der Waals surface area contributed by atoms with Crippen LogP contribution in [0, 0.1) is 5.92 Å². The van der Waals surface area contributed by atoms with Gasteiger partial charge in [-0.2, -0.15) is 0 Å². The number of amides is 1. The van der Waals surface area contributed by atoms with Gasteiger partial charge in [0, 0.05) is 35.2 Å². The van der Waals surface area contributed by atoms with Crippen LogP contribution in [0.1, 0.15) is 25.3 Å². The molecule has 2 heterocycles. The molecule has 0 saturated carbocycles.